The molecule has 0 aliphatic heterocycles. The summed E-state index contributed by atoms with van der Waals surface area (Å²) in [7, 11) is 5.78. The third-order valence-electron chi connectivity index (χ3n) is 3.35. The van der Waals surface area contributed by atoms with Crippen LogP contribution in [0.3, 0.4) is 0 Å². The number of halogens is 2. The molecule has 0 saturated heterocycles. The number of amides is 1. The van der Waals surface area contributed by atoms with Gasteiger partial charge in [-0.15, -0.1) is 24.0 Å². The molecule has 1 heterocycles. The van der Waals surface area contributed by atoms with E-state index in [1.807, 2.05) is 41.1 Å². The van der Waals surface area contributed by atoms with Gasteiger partial charge in [-0.25, -0.2) is 4.79 Å². The van der Waals surface area contributed by atoms with Gasteiger partial charge in [-0.05, 0) is 49.2 Å². The molecule has 0 bridgehead atoms. The summed E-state index contributed by atoms with van der Waals surface area (Å²) in [6.07, 6.45) is 2.42. The van der Waals surface area contributed by atoms with Gasteiger partial charge >= 0.3 is 6.09 Å². The number of nitrogens with one attached hydrogen (secondary N) is 2. The van der Waals surface area contributed by atoms with E-state index in [-0.39, 0.29) is 30.1 Å². The number of aromatic nitrogens is 1. The SMILES string of the molecule is CN=C(NCCCNC(=O)OC(C)(C)C)N(C)Cc1cc(Br)cn1C.I. The van der Waals surface area contributed by atoms with Gasteiger partial charge in [-0.3, -0.25) is 4.99 Å². The van der Waals surface area contributed by atoms with Gasteiger partial charge in [-0.1, -0.05) is 0 Å². The number of aryl methyl sites for hydroxylation is 1. The van der Waals surface area contributed by atoms with Crippen LogP contribution in [-0.2, 0) is 18.3 Å². The van der Waals surface area contributed by atoms with Gasteiger partial charge in [0.25, 0.3) is 0 Å². The van der Waals surface area contributed by atoms with Crippen molar-refractivity contribution in [2.45, 2.75) is 39.3 Å². The summed E-state index contributed by atoms with van der Waals surface area (Å²) in [6, 6.07) is 2.09. The van der Waals surface area contributed by atoms with Gasteiger partial charge in [0, 0.05) is 50.6 Å². The van der Waals surface area contributed by atoms with Crippen LogP contribution >= 0.6 is 39.9 Å². The van der Waals surface area contributed by atoms with Crippen molar-refractivity contribution in [3.63, 3.8) is 0 Å². The lowest BCUT2D eigenvalue weighted by molar-refractivity contribution is 0.0527. The van der Waals surface area contributed by atoms with Crippen molar-refractivity contribution in [1.29, 1.82) is 0 Å². The third kappa shape index (κ3) is 9.65. The summed E-state index contributed by atoms with van der Waals surface area (Å²) >= 11 is 3.49. The smallest absolute Gasteiger partial charge is 0.407 e. The Labute approximate surface area is 182 Å². The molecule has 0 atom stereocenters. The summed E-state index contributed by atoms with van der Waals surface area (Å²) in [5.41, 5.74) is 0.711. The molecule has 0 spiro atoms. The number of nitrogens with zero attached hydrogens (tertiary/aromatic N) is 3. The number of ether oxygens (including phenoxy) is 1. The molecule has 9 heteroatoms. The Morgan fingerprint density at radius 1 is 1.35 bits per heavy atom. The fourth-order valence-electron chi connectivity index (χ4n) is 2.22. The topological polar surface area (TPSA) is 70.9 Å². The van der Waals surface area contributed by atoms with Crippen LogP contribution in [0.5, 0.6) is 0 Å². The molecule has 150 valence electrons. The maximum atomic E-state index is 11.6. The highest BCUT2D eigenvalue weighted by Gasteiger charge is 2.15. The number of hydrogen-bond acceptors (Lipinski definition) is 3. The van der Waals surface area contributed by atoms with Crippen molar-refractivity contribution in [2.75, 3.05) is 27.2 Å². The number of hydrogen-bond donors (Lipinski definition) is 2. The fourth-order valence-corrected chi connectivity index (χ4v) is 2.79. The van der Waals surface area contributed by atoms with Crippen molar-refractivity contribution in [3.8, 4) is 0 Å². The van der Waals surface area contributed by atoms with Gasteiger partial charge < -0.3 is 24.8 Å². The van der Waals surface area contributed by atoms with Crippen LogP contribution < -0.4 is 10.6 Å². The van der Waals surface area contributed by atoms with Crippen LogP contribution in [0.1, 0.15) is 32.9 Å². The first-order chi connectivity index (χ1) is 11.6. The Bertz CT molecular complexity index is 598. The Morgan fingerprint density at radius 2 is 1.96 bits per heavy atom. The van der Waals surface area contributed by atoms with E-state index in [0.29, 0.717) is 13.1 Å². The molecule has 0 unspecified atom stereocenters. The van der Waals surface area contributed by atoms with Crippen molar-refractivity contribution in [1.82, 2.24) is 20.1 Å². The molecule has 0 saturated carbocycles. The van der Waals surface area contributed by atoms with E-state index in [9.17, 15) is 4.79 Å². The minimum absolute atomic E-state index is 0. The van der Waals surface area contributed by atoms with E-state index in [2.05, 4.69) is 47.1 Å². The summed E-state index contributed by atoms with van der Waals surface area (Å²) in [4.78, 5) is 17.9. The first kappa shape index (κ1) is 25.0. The van der Waals surface area contributed by atoms with Crippen molar-refractivity contribution < 1.29 is 9.53 Å². The largest absolute Gasteiger partial charge is 0.444 e. The van der Waals surface area contributed by atoms with Gasteiger partial charge in [0.15, 0.2) is 5.96 Å². The fraction of sp³-hybridized carbons (Fsp3) is 0.647. The quantitative estimate of drug-likeness (QED) is 0.250. The number of carbonyl (C=O) groups excluding carboxylic acids is 1. The van der Waals surface area contributed by atoms with Crippen LogP contribution in [0.4, 0.5) is 4.79 Å². The summed E-state index contributed by atoms with van der Waals surface area (Å²) < 4.78 is 8.34. The minimum atomic E-state index is -0.473. The molecule has 0 aliphatic carbocycles. The molecule has 0 aromatic carbocycles. The van der Waals surface area contributed by atoms with Crippen molar-refractivity contribution in [2.24, 2.45) is 12.0 Å². The predicted octanol–water partition coefficient (Wildman–Crippen LogP) is 3.33. The predicted molar refractivity (Wildman–Crippen MR) is 120 cm³/mol. The zero-order chi connectivity index (χ0) is 19.0. The van der Waals surface area contributed by atoms with Gasteiger partial charge in [0.2, 0.25) is 0 Å². The minimum Gasteiger partial charge on any atom is -0.444 e. The molecule has 1 amide bonds. The zero-order valence-corrected chi connectivity index (χ0v) is 20.3. The van der Waals surface area contributed by atoms with E-state index in [1.165, 1.54) is 5.69 Å². The van der Waals surface area contributed by atoms with Crippen LogP contribution in [0.25, 0.3) is 0 Å². The highest BCUT2D eigenvalue weighted by atomic mass is 127. The summed E-state index contributed by atoms with van der Waals surface area (Å²) in [6.45, 7) is 7.55. The Balaban J connectivity index is 0.00000625. The monoisotopic (exact) mass is 543 g/mol. The van der Waals surface area contributed by atoms with Gasteiger partial charge in [0.05, 0.1) is 6.54 Å². The molecule has 1 rings (SSSR count). The zero-order valence-electron chi connectivity index (χ0n) is 16.4. The second-order valence-corrected chi connectivity index (χ2v) is 7.79. The first-order valence-electron chi connectivity index (χ1n) is 8.31. The Kier molecular flexibility index (Phi) is 11.2. The van der Waals surface area contributed by atoms with E-state index >= 15 is 0 Å². The number of alkyl carbamates (subject to hydrolysis) is 1. The lowest BCUT2D eigenvalue weighted by Crippen LogP contribution is -2.40. The Hall–Kier alpha value is -0.970. The number of rotatable bonds is 6. The van der Waals surface area contributed by atoms with Crippen LogP contribution in [-0.4, -0.2) is 54.3 Å². The Morgan fingerprint density at radius 3 is 2.46 bits per heavy atom. The maximum absolute atomic E-state index is 11.6. The highest BCUT2D eigenvalue weighted by molar-refractivity contribution is 14.0. The maximum Gasteiger partial charge on any atom is 0.407 e. The lowest BCUT2D eigenvalue weighted by atomic mass is 10.2. The van der Waals surface area contributed by atoms with E-state index in [4.69, 9.17) is 4.74 Å². The second-order valence-electron chi connectivity index (χ2n) is 6.87. The molecule has 0 aliphatic rings. The van der Waals surface area contributed by atoms with Crippen molar-refractivity contribution >= 4 is 52.0 Å². The number of guanidine groups is 1. The van der Waals surface area contributed by atoms with Gasteiger partial charge in [0.1, 0.15) is 5.60 Å². The van der Waals surface area contributed by atoms with Crippen LogP contribution in [0.2, 0.25) is 0 Å². The van der Waals surface area contributed by atoms with E-state index in [1.54, 1.807) is 7.05 Å². The van der Waals surface area contributed by atoms with Crippen LogP contribution in [0.15, 0.2) is 21.7 Å². The van der Waals surface area contributed by atoms with Gasteiger partial charge in [-0.2, -0.15) is 0 Å². The molecule has 1 aromatic heterocycles. The molecule has 7 nitrogen and oxygen atoms in total. The van der Waals surface area contributed by atoms with Crippen LogP contribution in [0, 0.1) is 0 Å². The summed E-state index contributed by atoms with van der Waals surface area (Å²) in [5, 5.41) is 6.05. The molecule has 26 heavy (non-hydrogen) atoms. The lowest BCUT2D eigenvalue weighted by Gasteiger charge is -2.22. The first-order valence-corrected chi connectivity index (χ1v) is 9.11. The second kappa shape index (κ2) is 11.7. The molecule has 2 N–H and O–H groups in total. The highest BCUT2D eigenvalue weighted by Crippen LogP contribution is 2.14. The average Bonchev–Trinajstić information content (AvgIpc) is 2.78. The van der Waals surface area contributed by atoms with Crippen molar-refractivity contribution in [3.05, 3.63) is 22.4 Å². The van der Waals surface area contributed by atoms with E-state index < -0.39 is 5.60 Å². The number of carbonyl (C=O) groups is 1. The standard InChI is InChI=1S/C17H30BrN5O2.HI/c1-17(2,3)25-16(24)21-9-7-8-20-15(19-4)23(6)12-14-10-13(18)11-22(14)5;/h10-11H,7-9,12H2,1-6H3,(H,19,20)(H,21,24);1H. The van der Waals surface area contributed by atoms with E-state index in [0.717, 1.165) is 23.4 Å². The average molecular weight is 544 g/mol. The molecular weight excluding hydrogens is 513 g/mol. The third-order valence-corrected chi connectivity index (χ3v) is 3.79. The molecule has 0 fully saturated rings. The number of aliphatic imine (C=N–C) groups is 1. The molecule has 0 radical (unpaired) electrons. The molecular formula is C17H31BrIN5O2. The molecule has 1 aromatic rings. The summed E-state index contributed by atoms with van der Waals surface area (Å²) in [5.74, 6) is 0.814. The normalized spacial score (nSPS) is 11.6.